The summed E-state index contributed by atoms with van der Waals surface area (Å²) in [6.07, 6.45) is 4.07. The highest BCUT2D eigenvalue weighted by Crippen LogP contribution is 2.21. The number of nitrogens with one attached hydrogen (secondary N) is 1. The van der Waals surface area contributed by atoms with E-state index in [1.54, 1.807) is 12.4 Å². The average Bonchev–Trinajstić information content (AvgIpc) is 2.39. The molecule has 100 valence electrons. The molecule has 0 aliphatic carbocycles. The first kappa shape index (κ1) is 13.6. The molecule has 0 amide bonds. The Kier molecular flexibility index (Phi) is 4.58. The van der Waals surface area contributed by atoms with Crippen LogP contribution in [0.3, 0.4) is 0 Å². The summed E-state index contributed by atoms with van der Waals surface area (Å²) in [5, 5.41) is 3.22. The number of pyridine rings is 1. The van der Waals surface area contributed by atoms with Crippen molar-refractivity contribution in [2.24, 2.45) is 0 Å². The Bertz CT molecular complexity index is 529. The van der Waals surface area contributed by atoms with E-state index in [9.17, 15) is 8.78 Å². The zero-order valence-electron chi connectivity index (χ0n) is 10.7. The van der Waals surface area contributed by atoms with Crippen molar-refractivity contribution in [3.05, 3.63) is 65.5 Å². The maximum absolute atomic E-state index is 13.8. The van der Waals surface area contributed by atoms with Crippen LogP contribution >= 0.6 is 0 Å². The van der Waals surface area contributed by atoms with Gasteiger partial charge in [0.1, 0.15) is 11.6 Å². The van der Waals surface area contributed by atoms with Gasteiger partial charge in [0, 0.05) is 30.1 Å². The fraction of sp³-hybridized carbons (Fsp3) is 0.267. The maximum atomic E-state index is 13.8. The van der Waals surface area contributed by atoms with Gasteiger partial charge in [0.2, 0.25) is 0 Å². The SMILES string of the molecule is CCNC(Cc1cccnc1)c1ccc(F)cc1F. The minimum Gasteiger partial charge on any atom is -0.310 e. The van der Waals surface area contributed by atoms with Crippen molar-refractivity contribution in [1.29, 1.82) is 0 Å². The Morgan fingerprint density at radius 2 is 2.11 bits per heavy atom. The second-order valence-electron chi connectivity index (χ2n) is 4.34. The molecule has 2 rings (SSSR count). The number of nitrogens with zero attached hydrogens (tertiary/aromatic N) is 1. The zero-order valence-corrected chi connectivity index (χ0v) is 10.7. The third kappa shape index (κ3) is 3.58. The molecule has 2 aromatic rings. The van der Waals surface area contributed by atoms with E-state index in [2.05, 4.69) is 10.3 Å². The second-order valence-corrected chi connectivity index (χ2v) is 4.34. The quantitative estimate of drug-likeness (QED) is 0.894. The van der Waals surface area contributed by atoms with Gasteiger partial charge in [0.25, 0.3) is 0 Å². The van der Waals surface area contributed by atoms with Gasteiger partial charge in [-0.05, 0) is 30.7 Å². The lowest BCUT2D eigenvalue weighted by molar-refractivity contribution is 0.502. The topological polar surface area (TPSA) is 24.9 Å². The summed E-state index contributed by atoms with van der Waals surface area (Å²) in [6, 6.07) is 7.30. The third-order valence-electron chi connectivity index (χ3n) is 2.95. The minimum absolute atomic E-state index is 0.185. The van der Waals surface area contributed by atoms with Gasteiger partial charge in [0.05, 0.1) is 0 Å². The summed E-state index contributed by atoms with van der Waals surface area (Å²) in [5.41, 5.74) is 1.49. The smallest absolute Gasteiger partial charge is 0.130 e. The highest BCUT2D eigenvalue weighted by atomic mass is 19.1. The molecule has 0 bridgehead atoms. The van der Waals surface area contributed by atoms with E-state index in [0.29, 0.717) is 18.5 Å². The molecule has 0 saturated heterocycles. The van der Waals surface area contributed by atoms with Crippen LogP contribution in [-0.2, 0) is 6.42 Å². The summed E-state index contributed by atoms with van der Waals surface area (Å²) < 4.78 is 26.8. The molecule has 1 aromatic carbocycles. The Labute approximate surface area is 111 Å². The average molecular weight is 262 g/mol. The molecular weight excluding hydrogens is 246 g/mol. The summed E-state index contributed by atoms with van der Waals surface area (Å²) in [5.74, 6) is -1.08. The lowest BCUT2D eigenvalue weighted by Gasteiger charge is -2.19. The van der Waals surface area contributed by atoms with E-state index in [-0.39, 0.29) is 6.04 Å². The van der Waals surface area contributed by atoms with E-state index in [1.807, 2.05) is 19.1 Å². The van der Waals surface area contributed by atoms with Crippen LogP contribution in [0.4, 0.5) is 8.78 Å². The molecule has 4 heteroatoms. The van der Waals surface area contributed by atoms with Gasteiger partial charge >= 0.3 is 0 Å². The van der Waals surface area contributed by atoms with Crippen molar-refractivity contribution < 1.29 is 8.78 Å². The van der Waals surface area contributed by atoms with E-state index in [0.717, 1.165) is 11.6 Å². The first-order chi connectivity index (χ1) is 9.20. The molecule has 0 aliphatic rings. The molecule has 2 nitrogen and oxygen atoms in total. The molecular formula is C15H16F2N2. The number of aromatic nitrogens is 1. The van der Waals surface area contributed by atoms with Gasteiger partial charge in [-0.2, -0.15) is 0 Å². The molecule has 0 aliphatic heterocycles. The Morgan fingerprint density at radius 1 is 1.26 bits per heavy atom. The van der Waals surface area contributed by atoms with Crippen LogP contribution in [-0.4, -0.2) is 11.5 Å². The first-order valence-corrected chi connectivity index (χ1v) is 6.28. The summed E-state index contributed by atoms with van der Waals surface area (Å²) in [4.78, 5) is 4.05. The van der Waals surface area contributed by atoms with Crippen molar-refractivity contribution in [2.45, 2.75) is 19.4 Å². The number of likely N-dealkylation sites (N-methyl/N-ethyl adjacent to an activating group) is 1. The summed E-state index contributed by atoms with van der Waals surface area (Å²) in [6.45, 7) is 2.67. The number of halogens is 2. The third-order valence-corrected chi connectivity index (χ3v) is 2.95. The van der Waals surface area contributed by atoms with Gasteiger partial charge in [0.15, 0.2) is 0 Å². The Hall–Kier alpha value is -1.81. The fourth-order valence-corrected chi connectivity index (χ4v) is 2.08. The molecule has 0 fully saturated rings. The van der Waals surface area contributed by atoms with Crippen LogP contribution in [0, 0.1) is 11.6 Å². The molecule has 1 unspecified atom stereocenters. The predicted octanol–water partition coefficient (Wildman–Crippen LogP) is 3.25. The molecule has 0 radical (unpaired) electrons. The van der Waals surface area contributed by atoms with Gasteiger partial charge in [-0.15, -0.1) is 0 Å². The number of benzene rings is 1. The van der Waals surface area contributed by atoms with Gasteiger partial charge < -0.3 is 5.32 Å². The maximum Gasteiger partial charge on any atom is 0.130 e. The van der Waals surface area contributed by atoms with Crippen LogP contribution in [0.1, 0.15) is 24.1 Å². The Morgan fingerprint density at radius 3 is 2.74 bits per heavy atom. The first-order valence-electron chi connectivity index (χ1n) is 6.28. The van der Waals surface area contributed by atoms with Crippen LogP contribution in [0.25, 0.3) is 0 Å². The standard InChI is InChI=1S/C15H16F2N2/c1-2-19-15(8-11-4-3-7-18-10-11)13-6-5-12(16)9-14(13)17/h3-7,9-10,15,19H,2,8H2,1H3. The number of rotatable bonds is 5. The van der Waals surface area contributed by atoms with Crippen molar-refractivity contribution >= 4 is 0 Å². The largest absolute Gasteiger partial charge is 0.310 e. The summed E-state index contributed by atoms with van der Waals surface area (Å²) in [7, 11) is 0. The van der Waals surface area contributed by atoms with E-state index in [4.69, 9.17) is 0 Å². The Balaban J connectivity index is 2.24. The van der Waals surface area contributed by atoms with E-state index in [1.165, 1.54) is 12.1 Å². The zero-order chi connectivity index (χ0) is 13.7. The second kappa shape index (κ2) is 6.38. The van der Waals surface area contributed by atoms with Crippen LogP contribution in [0.2, 0.25) is 0 Å². The predicted molar refractivity (Wildman–Crippen MR) is 70.7 cm³/mol. The van der Waals surface area contributed by atoms with Crippen LogP contribution in [0.5, 0.6) is 0 Å². The lowest BCUT2D eigenvalue weighted by Crippen LogP contribution is -2.24. The van der Waals surface area contributed by atoms with Gasteiger partial charge in [-0.3, -0.25) is 4.98 Å². The molecule has 1 N–H and O–H groups in total. The number of hydrogen-bond acceptors (Lipinski definition) is 2. The molecule has 0 saturated carbocycles. The molecule has 19 heavy (non-hydrogen) atoms. The minimum atomic E-state index is -0.558. The van der Waals surface area contributed by atoms with Gasteiger partial charge in [-0.1, -0.05) is 19.1 Å². The molecule has 1 aromatic heterocycles. The number of hydrogen-bond donors (Lipinski definition) is 1. The van der Waals surface area contributed by atoms with Crippen LogP contribution in [0.15, 0.2) is 42.7 Å². The van der Waals surface area contributed by atoms with Gasteiger partial charge in [-0.25, -0.2) is 8.78 Å². The normalized spacial score (nSPS) is 12.4. The highest BCUT2D eigenvalue weighted by Gasteiger charge is 2.16. The van der Waals surface area contributed by atoms with Crippen molar-refractivity contribution in [1.82, 2.24) is 10.3 Å². The monoisotopic (exact) mass is 262 g/mol. The molecule has 1 atom stereocenters. The fourth-order valence-electron chi connectivity index (χ4n) is 2.08. The van der Waals surface area contributed by atoms with Crippen molar-refractivity contribution in [2.75, 3.05) is 6.54 Å². The van der Waals surface area contributed by atoms with Crippen LogP contribution < -0.4 is 5.32 Å². The van der Waals surface area contributed by atoms with Crippen molar-refractivity contribution in [3.63, 3.8) is 0 Å². The lowest BCUT2D eigenvalue weighted by atomic mass is 9.99. The summed E-state index contributed by atoms with van der Waals surface area (Å²) >= 11 is 0. The van der Waals surface area contributed by atoms with E-state index >= 15 is 0 Å². The molecule has 0 spiro atoms. The van der Waals surface area contributed by atoms with E-state index < -0.39 is 11.6 Å². The molecule has 1 heterocycles. The highest BCUT2D eigenvalue weighted by molar-refractivity contribution is 5.24. The van der Waals surface area contributed by atoms with Crippen molar-refractivity contribution in [3.8, 4) is 0 Å².